The topological polar surface area (TPSA) is 66.7 Å². The normalized spacial score (nSPS) is 10.2. The lowest BCUT2D eigenvalue weighted by molar-refractivity contribution is -0.384. The van der Waals surface area contributed by atoms with E-state index in [1.165, 1.54) is 12.1 Å². The molecule has 2 aromatic rings. The van der Waals surface area contributed by atoms with Gasteiger partial charge in [0.25, 0.3) is 11.6 Å². The Morgan fingerprint density at radius 2 is 1.74 bits per heavy atom. The maximum atomic E-state index is 12.7. The molecule has 6 nitrogen and oxygen atoms in total. The van der Waals surface area contributed by atoms with Crippen molar-refractivity contribution in [1.29, 1.82) is 0 Å². The van der Waals surface area contributed by atoms with Crippen molar-refractivity contribution in [2.75, 3.05) is 26.0 Å². The van der Waals surface area contributed by atoms with Gasteiger partial charge in [-0.1, -0.05) is 30.3 Å². The molecule has 1 amide bonds. The van der Waals surface area contributed by atoms with Gasteiger partial charge in [0.1, 0.15) is 0 Å². The quantitative estimate of drug-likeness (QED) is 0.629. The zero-order valence-electron chi connectivity index (χ0n) is 13.4. The van der Waals surface area contributed by atoms with Crippen LogP contribution in [0.15, 0.2) is 48.5 Å². The van der Waals surface area contributed by atoms with Gasteiger partial charge >= 0.3 is 0 Å². The third-order valence-corrected chi connectivity index (χ3v) is 3.51. The summed E-state index contributed by atoms with van der Waals surface area (Å²) in [7, 11) is 5.29. The Morgan fingerprint density at radius 3 is 2.30 bits per heavy atom. The molecule has 0 aliphatic rings. The summed E-state index contributed by atoms with van der Waals surface area (Å²) < 4.78 is 0. The van der Waals surface area contributed by atoms with Crippen LogP contribution in [0.5, 0.6) is 0 Å². The third kappa shape index (κ3) is 3.85. The highest BCUT2D eigenvalue weighted by atomic mass is 16.6. The van der Waals surface area contributed by atoms with E-state index in [1.54, 1.807) is 37.0 Å². The summed E-state index contributed by atoms with van der Waals surface area (Å²) in [6.45, 7) is 0.440. The fraction of sp³-hybridized carbons (Fsp3) is 0.235. The second-order valence-electron chi connectivity index (χ2n) is 5.50. The summed E-state index contributed by atoms with van der Waals surface area (Å²) in [5.74, 6) is -0.249. The first-order valence-electron chi connectivity index (χ1n) is 7.15. The van der Waals surface area contributed by atoms with Gasteiger partial charge in [0.05, 0.1) is 10.5 Å². The number of benzene rings is 2. The van der Waals surface area contributed by atoms with Crippen LogP contribution < -0.4 is 4.90 Å². The van der Waals surface area contributed by atoms with Crippen LogP contribution in [0, 0.1) is 10.1 Å². The van der Waals surface area contributed by atoms with Gasteiger partial charge in [0, 0.05) is 45.5 Å². The first kappa shape index (κ1) is 16.5. The SMILES string of the molecule is CN(Cc1ccccc1)C(=O)c1cc([N+](=O)[O-])ccc1N(C)C. The maximum absolute atomic E-state index is 12.7. The molecule has 0 aromatic heterocycles. The Morgan fingerprint density at radius 1 is 1.09 bits per heavy atom. The van der Waals surface area contributed by atoms with Gasteiger partial charge in [-0.2, -0.15) is 0 Å². The summed E-state index contributed by atoms with van der Waals surface area (Å²) in [4.78, 5) is 26.5. The van der Waals surface area contributed by atoms with Crippen molar-refractivity contribution in [2.24, 2.45) is 0 Å². The minimum atomic E-state index is -0.493. The van der Waals surface area contributed by atoms with Crippen LogP contribution >= 0.6 is 0 Å². The molecule has 0 aliphatic carbocycles. The van der Waals surface area contributed by atoms with Crippen LogP contribution in [0.1, 0.15) is 15.9 Å². The Hall–Kier alpha value is -2.89. The van der Waals surface area contributed by atoms with Gasteiger partial charge in [-0.05, 0) is 11.6 Å². The molecule has 0 N–H and O–H groups in total. The molecule has 120 valence electrons. The molecule has 0 radical (unpaired) electrons. The molecule has 0 fully saturated rings. The van der Waals surface area contributed by atoms with Crippen molar-refractivity contribution in [2.45, 2.75) is 6.54 Å². The lowest BCUT2D eigenvalue weighted by Gasteiger charge is -2.22. The Balaban J connectivity index is 2.32. The number of carbonyl (C=O) groups is 1. The van der Waals surface area contributed by atoms with E-state index in [1.807, 2.05) is 30.3 Å². The smallest absolute Gasteiger partial charge is 0.270 e. The number of rotatable bonds is 5. The molecular formula is C17H19N3O3. The van der Waals surface area contributed by atoms with Gasteiger partial charge in [-0.25, -0.2) is 0 Å². The molecule has 6 heteroatoms. The van der Waals surface area contributed by atoms with E-state index in [9.17, 15) is 14.9 Å². The van der Waals surface area contributed by atoms with Crippen LogP contribution in [-0.2, 0) is 6.54 Å². The molecule has 23 heavy (non-hydrogen) atoms. The molecule has 2 rings (SSSR count). The zero-order valence-corrected chi connectivity index (χ0v) is 13.4. The van der Waals surface area contributed by atoms with E-state index in [2.05, 4.69) is 0 Å². The molecule has 0 unspecified atom stereocenters. The van der Waals surface area contributed by atoms with E-state index >= 15 is 0 Å². The van der Waals surface area contributed by atoms with Crippen LogP contribution in [0.3, 0.4) is 0 Å². The summed E-state index contributed by atoms with van der Waals surface area (Å²) in [5.41, 5.74) is 1.88. The third-order valence-electron chi connectivity index (χ3n) is 3.51. The molecule has 0 aliphatic heterocycles. The van der Waals surface area contributed by atoms with Gasteiger partial charge in [-0.3, -0.25) is 14.9 Å². The number of amides is 1. The predicted molar refractivity (Wildman–Crippen MR) is 89.7 cm³/mol. The largest absolute Gasteiger partial charge is 0.377 e. The number of nitrogens with zero attached hydrogens (tertiary/aromatic N) is 3. The number of anilines is 1. The zero-order chi connectivity index (χ0) is 17.0. The fourth-order valence-electron chi connectivity index (χ4n) is 2.33. The fourth-order valence-corrected chi connectivity index (χ4v) is 2.33. The lowest BCUT2D eigenvalue weighted by atomic mass is 10.1. The Labute approximate surface area is 135 Å². The highest BCUT2D eigenvalue weighted by molar-refractivity contribution is 6.00. The van der Waals surface area contributed by atoms with E-state index in [4.69, 9.17) is 0 Å². The van der Waals surface area contributed by atoms with Gasteiger partial charge < -0.3 is 9.80 Å². The number of nitro groups is 1. The summed E-state index contributed by atoms with van der Waals surface area (Å²) in [5, 5.41) is 11.0. The van der Waals surface area contributed by atoms with Crippen molar-refractivity contribution < 1.29 is 9.72 Å². The number of carbonyl (C=O) groups excluding carboxylic acids is 1. The molecule has 0 saturated carbocycles. The monoisotopic (exact) mass is 313 g/mol. The van der Waals surface area contributed by atoms with Crippen molar-refractivity contribution in [3.8, 4) is 0 Å². The minimum absolute atomic E-state index is 0.0907. The molecule has 0 atom stereocenters. The standard InChI is InChI=1S/C17H19N3O3/c1-18(2)16-10-9-14(20(22)23)11-15(16)17(21)19(3)12-13-7-5-4-6-8-13/h4-11H,12H2,1-3H3. The van der Waals surface area contributed by atoms with E-state index < -0.39 is 4.92 Å². The maximum Gasteiger partial charge on any atom is 0.270 e. The van der Waals surface area contributed by atoms with Gasteiger partial charge in [0.2, 0.25) is 0 Å². The van der Waals surface area contributed by atoms with Gasteiger partial charge in [-0.15, -0.1) is 0 Å². The minimum Gasteiger partial charge on any atom is -0.377 e. The molecule has 0 spiro atoms. The number of hydrogen-bond acceptors (Lipinski definition) is 4. The highest BCUT2D eigenvalue weighted by Crippen LogP contribution is 2.25. The van der Waals surface area contributed by atoms with Crippen LogP contribution in [0.2, 0.25) is 0 Å². The second-order valence-corrected chi connectivity index (χ2v) is 5.50. The molecule has 0 bridgehead atoms. The molecule has 0 saturated heterocycles. The highest BCUT2D eigenvalue weighted by Gasteiger charge is 2.20. The van der Waals surface area contributed by atoms with Crippen molar-refractivity contribution >= 4 is 17.3 Å². The number of hydrogen-bond donors (Lipinski definition) is 0. The van der Waals surface area contributed by atoms with E-state index in [0.717, 1.165) is 5.56 Å². The summed E-state index contributed by atoms with van der Waals surface area (Å²) >= 11 is 0. The summed E-state index contributed by atoms with van der Waals surface area (Å²) in [6.07, 6.45) is 0. The number of non-ortho nitro benzene ring substituents is 1. The Kier molecular flexibility index (Phi) is 4.95. The average Bonchev–Trinajstić information content (AvgIpc) is 2.54. The summed E-state index contributed by atoms with van der Waals surface area (Å²) in [6, 6.07) is 13.9. The predicted octanol–water partition coefficient (Wildman–Crippen LogP) is 2.93. The van der Waals surface area contributed by atoms with Crippen LogP contribution in [0.4, 0.5) is 11.4 Å². The lowest BCUT2D eigenvalue weighted by Crippen LogP contribution is -2.28. The van der Waals surface area contributed by atoms with E-state index in [0.29, 0.717) is 17.8 Å². The van der Waals surface area contributed by atoms with Crippen molar-refractivity contribution in [1.82, 2.24) is 4.90 Å². The van der Waals surface area contributed by atoms with Crippen molar-refractivity contribution in [3.05, 3.63) is 69.8 Å². The number of nitro benzene ring substituents is 1. The van der Waals surface area contributed by atoms with E-state index in [-0.39, 0.29) is 11.6 Å². The first-order chi connectivity index (χ1) is 10.9. The molecular weight excluding hydrogens is 294 g/mol. The Bertz CT molecular complexity index is 714. The first-order valence-corrected chi connectivity index (χ1v) is 7.15. The van der Waals surface area contributed by atoms with Crippen molar-refractivity contribution in [3.63, 3.8) is 0 Å². The van der Waals surface area contributed by atoms with Crippen LogP contribution in [0.25, 0.3) is 0 Å². The van der Waals surface area contributed by atoms with Gasteiger partial charge in [0.15, 0.2) is 0 Å². The average molecular weight is 313 g/mol. The molecule has 0 heterocycles. The second kappa shape index (κ2) is 6.91. The molecule has 2 aromatic carbocycles. The van der Waals surface area contributed by atoms with Crippen LogP contribution in [-0.4, -0.2) is 36.9 Å².